The fourth-order valence-electron chi connectivity index (χ4n) is 0. The van der Waals surface area contributed by atoms with Crippen molar-refractivity contribution in [2.75, 3.05) is 0 Å². The van der Waals surface area contributed by atoms with E-state index >= 15 is 0 Å². The van der Waals surface area contributed by atoms with Gasteiger partial charge in [-0.05, 0) is 0 Å². The summed E-state index contributed by atoms with van der Waals surface area (Å²) < 4.78 is -0.833. The van der Waals surface area contributed by atoms with E-state index < -0.39 is 1.94 Å². The zero-order valence-corrected chi connectivity index (χ0v) is 3.83. The third kappa shape index (κ3) is 14.9. The van der Waals surface area contributed by atoms with Crippen molar-refractivity contribution >= 4 is 1.94 Å². The van der Waals surface area contributed by atoms with Gasteiger partial charge in [0, 0.05) is 0 Å². The molecule has 0 saturated carbocycles. The molecule has 0 aliphatic heterocycles. The van der Waals surface area contributed by atoms with Crippen molar-refractivity contribution in [2.45, 2.75) is 0 Å². The van der Waals surface area contributed by atoms with Crippen molar-refractivity contribution in [3.8, 4) is 0 Å². The Hall–Kier alpha value is 0.756. The zero-order valence-electron chi connectivity index (χ0n) is 1.69. The SMILES string of the molecule is O=[C](O)[Tb]. The van der Waals surface area contributed by atoms with Gasteiger partial charge in [-0.15, -0.1) is 0 Å². The van der Waals surface area contributed by atoms with Gasteiger partial charge in [-0.3, -0.25) is 0 Å². The standard InChI is InChI=1S/CHO2.Tb/c2-1-3;/h(H,2,3);. The second-order valence-electron chi connectivity index (χ2n) is 0.234. The molecule has 3 heteroatoms. The first-order chi connectivity index (χ1) is 1.73. The van der Waals surface area contributed by atoms with E-state index in [2.05, 4.69) is 0 Å². The Bertz CT molecular complexity index is 29.0. The average molecular weight is 204 g/mol. The van der Waals surface area contributed by atoms with E-state index in [1.807, 2.05) is 0 Å². The average Bonchev–Trinajstić information content (AvgIpc) is 0.811. The molecule has 0 aliphatic rings. The van der Waals surface area contributed by atoms with Gasteiger partial charge in [-0.2, -0.15) is 0 Å². The molecule has 0 atom stereocenters. The van der Waals surface area contributed by atoms with Gasteiger partial charge < -0.3 is 0 Å². The van der Waals surface area contributed by atoms with E-state index in [0.29, 0.717) is 0 Å². The maximum atomic E-state index is 9.00. The van der Waals surface area contributed by atoms with Gasteiger partial charge in [0.1, 0.15) is 0 Å². The summed E-state index contributed by atoms with van der Waals surface area (Å²) in [5.41, 5.74) is 0. The Labute approximate surface area is 48.1 Å². The second-order valence-corrected chi connectivity index (χ2v) is 1.15. The molecule has 0 saturated heterocycles. The van der Waals surface area contributed by atoms with Crippen LogP contribution in [0.15, 0.2) is 0 Å². The molecular formula is CHO2Tb. The van der Waals surface area contributed by atoms with Crippen molar-refractivity contribution in [3.63, 3.8) is 0 Å². The fraction of sp³-hybridized carbons (Fsp3) is 0. The van der Waals surface area contributed by atoms with Crippen LogP contribution in [0, 0.1) is 36.6 Å². The number of hydrogen-bond acceptors (Lipinski definition) is 1. The van der Waals surface area contributed by atoms with Gasteiger partial charge in [-0.25, -0.2) is 0 Å². The molecule has 0 heterocycles. The van der Waals surface area contributed by atoms with Gasteiger partial charge in [-0.1, -0.05) is 0 Å². The van der Waals surface area contributed by atoms with E-state index in [9.17, 15) is 0 Å². The van der Waals surface area contributed by atoms with Crippen LogP contribution < -0.4 is 0 Å². The summed E-state index contributed by atoms with van der Waals surface area (Å²) in [5.74, 6) is 0. The summed E-state index contributed by atoms with van der Waals surface area (Å²) in [6, 6.07) is 0. The summed E-state index contributed by atoms with van der Waals surface area (Å²) in [6.45, 7) is 0. The van der Waals surface area contributed by atoms with Gasteiger partial charge in [0.25, 0.3) is 0 Å². The Morgan fingerprint density at radius 1 is 2.00 bits per heavy atom. The van der Waals surface area contributed by atoms with E-state index in [4.69, 9.17) is 9.90 Å². The van der Waals surface area contributed by atoms with Crippen LogP contribution in [0.4, 0.5) is 4.79 Å². The van der Waals surface area contributed by atoms with Crippen molar-refractivity contribution in [2.24, 2.45) is 0 Å². The molecule has 0 aromatic rings. The number of rotatable bonds is 0. The van der Waals surface area contributed by atoms with Crippen LogP contribution in [0.25, 0.3) is 0 Å². The fourth-order valence-corrected chi connectivity index (χ4v) is 0. The molecule has 0 aliphatic carbocycles. The van der Waals surface area contributed by atoms with Crippen LogP contribution in [0.2, 0.25) is 0 Å². The van der Waals surface area contributed by atoms with Crippen LogP contribution in [-0.2, 0) is 0 Å². The molecule has 0 aromatic heterocycles. The molecule has 0 aromatic carbocycles. The van der Waals surface area contributed by atoms with Crippen LogP contribution in [0.1, 0.15) is 0 Å². The molecule has 0 amide bonds. The molecular weight excluding hydrogens is 203 g/mol. The third-order valence-corrected chi connectivity index (χ3v) is 0. The molecule has 26 valence electrons. The van der Waals surface area contributed by atoms with Crippen molar-refractivity contribution in [1.82, 2.24) is 0 Å². The second kappa shape index (κ2) is 2.02. The Kier molecular flexibility index (Phi) is 2.40. The third-order valence-electron chi connectivity index (χ3n) is 0. The van der Waals surface area contributed by atoms with E-state index in [1.54, 1.807) is 0 Å². The predicted octanol–water partition coefficient (Wildman–Crippen LogP) is 0.214. The minimum absolute atomic E-state index is 0.833. The van der Waals surface area contributed by atoms with Crippen molar-refractivity contribution in [1.29, 1.82) is 0 Å². The van der Waals surface area contributed by atoms with Gasteiger partial charge >= 0.3 is 48.5 Å². The number of hydrogen-bond donors (Lipinski definition) is 1. The van der Waals surface area contributed by atoms with E-state index in [-0.39, 0.29) is 0 Å². The van der Waals surface area contributed by atoms with E-state index in [1.165, 1.54) is 0 Å². The van der Waals surface area contributed by atoms with E-state index in [0.717, 1.165) is 36.6 Å². The van der Waals surface area contributed by atoms with Gasteiger partial charge in [0.2, 0.25) is 0 Å². The molecule has 4 heavy (non-hydrogen) atoms. The predicted molar refractivity (Wildman–Crippen MR) is 8.02 cm³/mol. The molecule has 0 unspecified atom stereocenters. The summed E-state index contributed by atoms with van der Waals surface area (Å²) in [7, 11) is 0. The maximum absolute atomic E-state index is 9.00. The first-order valence-electron chi connectivity index (χ1n) is 0.594. The summed E-state index contributed by atoms with van der Waals surface area (Å²) in [4.78, 5) is 9.00. The molecule has 0 bridgehead atoms. The first-order valence-corrected chi connectivity index (χ1v) is 1.66. The van der Waals surface area contributed by atoms with Crippen LogP contribution in [-0.4, -0.2) is 7.05 Å². The van der Waals surface area contributed by atoms with Crippen molar-refractivity contribution < 1.29 is 46.5 Å². The number of carboxylic acid groups (broad SMARTS) is 1. The topological polar surface area (TPSA) is 37.3 Å². The molecule has 1 N–H and O–H groups in total. The molecule has 0 fully saturated rings. The number of carbonyl (C=O) groups is 1. The minimum atomic E-state index is -0.833. The Morgan fingerprint density at radius 3 is 2.00 bits per heavy atom. The van der Waals surface area contributed by atoms with Gasteiger partial charge in [0.15, 0.2) is 0 Å². The summed E-state index contributed by atoms with van der Waals surface area (Å²) >= 11 is 1.08. The first kappa shape index (κ1) is 4.76. The Balaban J connectivity index is 2.80. The normalized spacial score (nSPS) is 6.50. The van der Waals surface area contributed by atoms with Crippen LogP contribution >= 0.6 is 0 Å². The summed E-state index contributed by atoms with van der Waals surface area (Å²) in [5, 5.41) is 7.42. The molecule has 0 radical (unpaired) electrons. The van der Waals surface area contributed by atoms with Crippen LogP contribution in [0.5, 0.6) is 0 Å². The Morgan fingerprint density at radius 2 is 2.00 bits per heavy atom. The van der Waals surface area contributed by atoms with Crippen LogP contribution in [0.3, 0.4) is 0 Å². The van der Waals surface area contributed by atoms with Crippen molar-refractivity contribution in [3.05, 3.63) is 0 Å². The quantitative estimate of drug-likeness (QED) is 0.612. The monoisotopic (exact) mass is 204 g/mol. The summed E-state index contributed by atoms with van der Waals surface area (Å²) in [6.07, 6.45) is 0. The molecule has 0 spiro atoms. The zero-order chi connectivity index (χ0) is 3.58. The molecule has 2 nitrogen and oxygen atoms in total. The van der Waals surface area contributed by atoms with Gasteiger partial charge in [0.05, 0.1) is 0 Å². The molecule has 0 rings (SSSR count).